The second kappa shape index (κ2) is 6.64. The number of likely N-dealkylation sites (tertiary alicyclic amines) is 1. The molecule has 1 saturated carbocycles. The molecule has 6 nitrogen and oxygen atoms in total. The first-order chi connectivity index (χ1) is 10.6. The molecule has 2 aliphatic rings. The zero-order valence-corrected chi connectivity index (χ0v) is 13.6. The van der Waals surface area contributed by atoms with E-state index >= 15 is 0 Å². The highest BCUT2D eigenvalue weighted by Gasteiger charge is 2.47. The van der Waals surface area contributed by atoms with Gasteiger partial charge in [0.1, 0.15) is 0 Å². The zero-order valence-electron chi connectivity index (χ0n) is 13.6. The number of rotatable bonds is 6. The Labute approximate surface area is 131 Å². The van der Waals surface area contributed by atoms with Crippen LogP contribution >= 0.6 is 0 Å². The second-order valence-electron chi connectivity index (χ2n) is 6.76. The summed E-state index contributed by atoms with van der Waals surface area (Å²) in [6.45, 7) is 5.36. The molecule has 3 rings (SSSR count). The Balaban J connectivity index is 1.59. The van der Waals surface area contributed by atoms with E-state index < -0.39 is 5.60 Å². The van der Waals surface area contributed by atoms with E-state index in [9.17, 15) is 5.11 Å². The molecule has 0 radical (unpaired) electrons. The second-order valence-corrected chi connectivity index (χ2v) is 6.76. The maximum absolute atomic E-state index is 10.8. The lowest BCUT2D eigenvalue weighted by Gasteiger charge is -2.40. The fourth-order valence-corrected chi connectivity index (χ4v) is 4.13. The molecule has 22 heavy (non-hydrogen) atoms. The lowest BCUT2D eigenvalue weighted by molar-refractivity contribution is -0.0614. The van der Waals surface area contributed by atoms with Gasteiger partial charge in [0.2, 0.25) is 5.89 Å². The molecule has 1 N–H and O–H groups in total. The average molecular weight is 309 g/mol. The van der Waals surface area contributed by atoms with Crippen LogP contribution in [0.4, 0.5) is 0 Å². The molecule has 124 valence electrons. The lowest BCUT2D eigenvalue weighted by Crippen LogP contribution is -2.44. The molecule has 2 fully saturated rings. The van der Waals surface area contributed by atoms with Crippen molar-refractivity contribution < 1.29 is 14.4 Å². The molecular formula is C16H27N3O3. The van der Waals surface area contributed by atoms with Gasteiger partial charge in [-0.2, -0.15) is 4.98 Å². The largest absolute Gasteiger partial charge is 0.390 e. The summed E-state index contributed by atoms with van der Waals surface area (Å²) in [5.74, 6) is 2.38. The molecule has 2 heterocycles. The van der Waals surface area contributed by atoms with Crippen molar-refractivity contribution in [2.45, 2.75) is 51.2 Å². The number of nitrogens with zero attached hydrogens (tertiary/aromatic N) is 3. The van der Waals surface area contributed by atoms with Gasteiger partial charge in [0, 0.05) is 32.5 Å². The third-order valence-electron chi connectivity index (χ3n) is 5.40. The Bertz CT molecular complexity index is 493. The molecule has 1 aliphatic carbocycles. The SMILES string of the molecule is CC[C@]1(O)CCC[C@H]2CN(Cc3nc(CCOC)no3)C[C@H]21. The summed E-state index contributed by atoms with van der Waals surface area (Å²) >= 11 is 0. The van der Waals surface area contributed by atoms with Crippen LogP contribution < -0.4 is 0 Å². The Morgan fingerprint density at radius 2 is 2.32 bits per heavy atom. The van der Waals surface area contributed by atoms with E-state index in [0.717, 1.165) is 32.4 Å². The van der Waals surface area contributed by atoms with Crippen LogP contribution in [0.1, 0.15) is 44.3 Å². The highest BCUT2D eigenvalue weighted by atomic mass is 16.5. The van der Waals surface area contributed by atoms with Crippen molar-refractivity contribution in [1.82, 2.24) is 15.0 Å². The summed E-state index contributed by atoms with van der Waals surface area (Å²) in [5, 5.41) is 14.8. The first-order valence-corrected chi connectivity index (χ1v) is 8.39. The van der Waals surface area contributed by atoms with Crippen molar-refractivity contribution in [1.29, 1.82) is 0 Å². The first kappa shape index (κ1) is 15.9. The lowest BCUT2D eigenvalue weighted by atomic mass is 9.69. The standard InChI is InChI=1S/C16H27N3O3/c1-3-16(20)7-4-5-12-9-19(10-13(12)16)11-15-17-14(18-22-15)6-8-21-2/h12-13,20H,3-11H2,1-2H3/t12-,13+,16-/m0/s1. The Kier molecular flexibility index (Phi) is 4.80. The molecule has 1 aromatic heterocycles. The quantitative estimate of drug-likeness (QED) is 0.861. The number of aliphatic hydroxyl groups is 1. The topological polar surface area (TPSA) is 71.6 Å². The fraction of sp³-hybridized carbons (Fsp3) is 0.875. The maximum atomic E-state index is 10.8. The average Bonchev–Trinajstić information content (AvgIpc) is 3.13. The van der Waals surface area contributed by atoms with Gasteiger partial charge in [-0.05, 0) is 25.2 Å². The van der Waals surface area contributed by atoms with Crippen molar-refractivity contribution in [3.8, 4) is 0 Å². The normalized spacial score (nSPS) is 32.3. The third kappa shape index (κ3) is 3.19. The molecule has 6 heteroatoms. The van der Waals surface area contributed by atoms with E-state index in [1.54, 1.807) is 7.11 Å². The van der Waals surface area contributed by atoms with Crippen molar-refractivity contribution in [2.75, 3.05) is 26.8 Å². The summed E-state index contributed by atoms with van der Waals surface area (Å²) < 4.78 is 10.4. The Morgan fingerprint density at radius 3 is 3.09 bits per heavy atom. The van der Waals surface area contributed by atoms with E-state index in [2.05, 4.69) is 22.0 Å². The zero-order chi connectivity index (χ0) is 15.6. The minimum atomic E-state index is -0.476. The fourth-order valence-electron chi connectivity index (χ4n) is 4.13. The van der Waals surface area contributed by atoms with Crippen LogP contribution in [0.5, 0.6) is 0 Å². The van der Waals surface area contributed by atoms with Crippen LogP contribution in [-0.4, -0.2) is 52.6 Å². The van der Waals surface area contributed by atoms with Crippen LogP contribution in [0.3, 0.4) is 0 Å². The van der Waals surface area contributed by atoms with Crippen LogP contribution in [0.2, 0.25) is 0 Å². The molecule has 0 unspecified atom stereocenters. The van der Waals surface area contributed by atoms with E-state index in [1.165, 1.54) is 6.42 Å². The van der Waals surface area contributed by atoms with Crippen LogP contribution in [0, 0.1) is 11.8 Å². The molecule has 1 saturated heterocycles. The van der Waals surface area contributed by atoms with Gasteiger partial charge in [-0.1, -0.05) is 18.5 Å². The van der Waals surface area contributed by atoms with Gasteiger partial charge in [0.05, 0.1) is 18.8 Å². The van der Waals surface area contributed by atoms with Gasteiger partial charge < -0.3 is 14.4 Å². The Morgan fingerprint density at radius 1 is 1.45 bits per heavy atom. The maximum Gasteiger partial charge on any atom is 0.240 e. The summed E-state index contributed by atoms with van der Waals surface area (Å²) in [6, 6.07) is 0. The van der Waals surface area contributed by atoms with E-state index in [4.69, 9.17) is 9.26 Å². The smallest absolute Gasteiger partial charge is 0.240 e. The highest BCUT2D eigenvalue weighted by molar-refractivity contribution is 5.00. The van der Waals surface area contributed by atoms with Crippen molar-refractivity contribution in [2.24, 2.45) is 11.8 Å². The number of ether oxygens (including phenoxy) is 1. The number of fused-ring (bicyclic) bond motifs is 1. The molecular weight excluding hydrogens is 282 g/mol. The van der Waals surface area contributed by atoms with Gasteiger partial charge in [-0.25, -0.2) is 0 Å². The Hall–Kier alpha value is -0.980. The van der Waals surface area contributed by atoms with Gasteiger partial charge >= 0.3 is 0 Å². The molecule has 0 aromatic carbocycles. The van der Waals surface area contributed by atoms with Gasteiger partial charge in [0.15, 0.2) is 5.82 Å². The van der Waals surface area contributed by atoms with Crippen LogP contribution in [0.25, 0.3) is 0 Å². The first-order valence-electron chi connectivity index (χ1n) is 8.39. The van der Waals surface area contributed by atoms with Gasteiger partial charge in [0.25, 0.3) is 0 Å². The van der Waals surface area contributed by atoms with Crippen molar-refractivity contribution in [3.63, 3.8) is 0 Å². The van der Waals surface area contributed by atoms with E-state index in [0.29, 0.717) is 43.1 Å². The predicted octanol–water partition coefficient (Wildman–Crippen LogP) is 1.63. The van der Waals surface area contributed by atoms with E-state index in [1.807, 2.05) is 0 Å². The summed E-state index contributed by atoms with van der Waals surface area (Å²) in [5.41, 5.74) is -0.476. The molecule has 1 aromatic rings. The van der Waals surface area contributed by atoms with Gasteiger partial charge in [-0.15, -0.1) is 0 Å². The number of methoxy groups -OCH3 is 1. The molecule has 1 aliphatic heterocycles. The molecule has 0 bridgehead atoms. The highest BCUT2D eigenvalue weighted by Crippen LogP contribution is 2.44. The number of hydrogen-bond acceptors (Lipinski definition) is 6. The van der Waals surface area contributed by atoms with Crippen molar-refractivity contribution >= 4 is 0 Å². The molecule has 0 spiro atoms. The minimum Gasteiger partial charge on any atom is -0.390 e. The van der Waals surface area contributed by atoms with Gasteiger partial charge in [-0.3, -0.25) is 4.90 Å². The monoisotopic (exact) mass is 309 g/mol. The van der Waals surface area contributed by atoms with Crippen molar-refractivity contribution in [3.05, 3.63) is 11.7 Å². The van der Waals surface area contributed by atoms with Crippen LogP contribution in [-0.2, 0) is 17.7 Å². The predicted molar refractivity (Wildman–Crippen MR) is 81.2 cm³/mol. The summed E-state index contributed by atoms with van der Waals surface area (Å²) in [6.07, 6.45) is 4.85. The molecule has 3 atom stereocenters. The van der Waals surface area contributed by atoms with E-state index in [-0.39, 0.29) is 0 Å². The summed E-state index contributed by atoms with van der Waals surface area (Å²) in [7, 11) is 1.67. The summed E-state index contributed by atoms with van der Waals surface area (Å²) in [4.78, 5) is 6.78. The molecule has 0 amide bonds. The number of hydrogen-bond donors (Lipinski definition) is 1. The number of aromatic nitrogens is 2. The minimum absolute atomic E-state index is 0.391. The van der Waals surface area contributed by atoms with Crippen LogP contribution in [0.15, 0.2) is 4.52 Å². The third-order valence-corrected chi connectivity index (χ3v) is 5.40.